The Morgan fingerprint density at radius 1 is 1.14 bits per heavy atom. The van der Waals surface area contributed by atoms with Gasteiger partial charge in [-0.2, -0.15) is 0 Å². The van der Waals surface area contributed by atoms with E-state index in [0.29, 0.717) is 28.3 Å². The van der Waals surface area contributed by atoms with Gasteiger partial charge < -0.3 is 24.5 Å². The molecule has 0 fully saturated rings. The predicted octanol–water partition coefficient (Wildman–Crippen LogP) is 3.97. The Balaban J connectivity index is 1.82. The van der Waals surface area contributed by atoms with Crippen LogP contribution in [0.25, 0.3) is 0 Å². The molecule has 2 amide bonds. The number of nitrogens with one attached hydrogen (secondary N) is 2. The van der Waals surface area contributed by atoms with Crippen LogP contribution in [0.1, 0.15) is 32.5 Å². The molecule has 1 aromatic carbocycles. The number of benzene rings is 1. The van der Waals surface area contributed by atoms with Crippen molar-refractivity contribution in [2.45, 2.75) is 19.4 Å². The highest BCUT2D eigenvalue weighted by atomic mass is 32.1. The molecule has 7 nitrogen and oxygen atoms in total. The van der Waals surface area contributed by atoms with Gasteiger partial charge in [0.2, 0.25) is 0 Å². The average molecular weight is 414 g/mol. The lowest BCUT2D eigenvalue weighted by Crippen LogP contribution is -2.34. The smallest absolute Gasteiger partial charge is 0.259 e. The Bertz CT molecular complexity index is 967. The highest BCUT2D eigenvalue weighted by Gasteiger charge is 2.20. The molecule has 152 valence electrons. The average Bonchev–Trinajstić information content (AvgIpc) is 3.41. The minimum atomic E-state index is -0.386. The third-order valence-corrected chi connectivity index (χ3v) is 5.14. The normalized spacial score (nSPS) is 11.6. The van der Waals surface area contributed by atoms with E-state index in [1.54, 1.807) is 29.5 Å². The monoisotopic (exact) mass is 414 g/mol. The van der Waals surface area contributed by atoms with Crippen LogP contribution in [0, 0.1) is 0 Å². The van der Waals surface area contributed by atoms with Crippen LogP contribution < -0.4 is 20.1 Å². The zero-order chi connectivity index (χ0) is 20.8. The van der Waals surface area contributed by atoms with Gasteiger partial charge in [-0.3, -0.25) is 9.59 Å². The molecular weight excluding hydrogens is 392 g/mol. The van der Waals surface area contributed by atoms with E-state index in [1.165, 1.54) is 31.6 Å². The van der Waals surface area contributed by atoms with Crippen LogP contribution in [0.15, 0.2) is 52.7 Å². The quantitative estimate of drug-likeness (QED) is 0.582. The number of carbonyl (C=O) groups excluding carboxylic acids is 2. The molecule has 29 heavy (non-hydrogen) atoms. The van der Waals surface area contributed by atoms with Crippen LogP contribution in [0.5, 0.6) is 11.5 Å². The molecule has 0 aliphatic heterocycles. The van der Waals surface area contributed by atoms with Gasteiger partial charge in [-0.15, -0.1) is 11.3 Å². The Hall–Kier alpha value is -3.26. The SMILES string of the molecule is COc1cc(C(=O)NC(C)Cc2cccs2)cc(NC(=O)c2ccoc2)c1OC. The van der Waals surface area contributed by atoms with Gasteiger partial charge in [-0.05, 0) is 36.6 Å². The largest absolute Gasteiger partial charge is 0.493 e. The number of hydrogen-bond donors (Lipinski definition) is 2. The van der Waals surface area contributed by atoms with Gasteiger partial charge >= 0.3 is 0 Å². The van der Waals surface area contributed by atoms with Crippen LogP contribution in [0.2, 0.25) is 0 Å². The predicted molar refractivity (Wildman–Crippen MR) is 111 cm³/mol. The van der Waals surface area contributed by atoms with E-state index in [2.05, 4.69) is 10.6 Å². The Kier molecular flexibility index (Phi) is 6.56. The van der Waals surface area contributed by atoms with E-state index in [0.717, 1.165) is 6.42 Å². The van der Waals surface area contributed by atoms with Crippen LogP contribution in [0.3, 0.4) is 0 Å². The maximum absolute atomic E-state index is 12.8. The minimum Gasteiger partial charge on any atom is -0.493 e. The molecule has 1 atom stereocenters. The number of amides is 2. The summed E-state index contributed by atoms with van der Waals surface area (Å²) in [5, 5.41) is 7.72. The molecule has 0 radical (unpaired) electrons. The van der Waals surface area contributed by atoms with Gasteiger partial charge in [0.05, 0.1) is 31.7 Å². The highest BCUT2D eigenvalue weighted by molar-refractivity contribution is 7.09. The molecule has 2 N–H and O–H groups in total. The third kappa shape index (κ3) is 4.97. The summed E-state index contributed by atoms with van der Waals surface area (Å²) in [5.74, 6) is 0.0117. The maximum Gasteiger partial charge on any atom is 0.259 e. The minimum absolute atomic E-state index is 0.0572. The summed E-state index contributed by atoms with van der Waals surface area (Å²) in [6.45, 7) is 1.94. The molecule has 0 aliphatic rings. The summed E-state index contributed by atoms with van der Waals surface area (Å²) >= 11 is 1.65. The van der Waals surface area contributed by atoms with Crippen LogP contribution in [0.4, 0.5) is 5.69 Å². The molecular formula is C21H22N2O5S. The van der Waals surface area contributed by atoms with Gasteiger partial charge in [0.25, 0.3) is 11.8 Å². The lowest BCUT2D eigenvalue weighted by molar-refractivity contribution is 0.0938. The molecule has 0 saturated carbocycles. The van der Waals surface area contributed by atoms with Gasteiger partial charge in [0, 0.05) is 22.9 Å². The van der Waals surface area contributed by atoms with Gasteiger partial charge in [-0.1, -0.05) is 6.07 Å². The second kappa shape index (κ2) is 9.29. The van der Waals surface area contributed by atoms with E-state index >= 15 is 0 Å². The number of ether oxygens (including phenoxy) is 2. The standard InChI is InChI=1S/C21H22N2O5S/c1-13(9-16-5-4-8-29-16)22-21(25)15-10-17(19(27-3)18(11-15)26-2)23-20(24)14-6-7-28-12-14/h4-8,10-13H,9H2,1-3H3,(H,22,25)(H,23,24). The zero-order valence-corrected chi connectivity index (χ0v) is 17.2. The summed E-state index contributed by atoms with van der Waals surface area (Å²) in [7, 11) is 2.94. The number of thiophene rings is 1. The van der Waals surface area contributed by atoms with Crippen LogP contribution in [-0.4, -0.2) is 32.1 Å². The van der Waals surface area contributed by atoms with Crippen LogP contribution in [-0.2, 0) is 6.42 Å². The molecule has 2 aromatic heterocycles. The van der Waals surface area contributed by atoms with Crippen molar-refractivity contribution in [2.75, 3.05) is 19.5 Å². The van der Waals surface area contributed by atoms with E-state index in [1.807, 2.05) is 24.4 Å². The second-order valence-electron chi connectivity index (χ2n) is 6.38. The molecule has 2 heterocycles. The zero-order valence-electron chi connectivity index (χ0n) is 16.4. The number of rotatable bonds is 8. The summed E-state index contributed by atoms with van der Waals surface area (Å²) in [6, 6.07) is 8.65. The van der Waals surface area contributed by atoms with Crippen molar-refractivity contribution in [1.82, 2.24) is 5.32 Å². The number of furan rings is 1. The van der Waals surface area contributed by atoms with Crippen LogP contribution >= 0.6 is 11.3 Å². The van der Waals surface area contributed by atoms with Crippen molar-refractivity contribution in [1.29, 1.82) is 0 Å². The lowest BCUT2D eigenvalue weighted by Gasteiger charge is -2.17. The van der Waals surface area contributed by atoms with E-state index in [9.17, 15) is 9.59 Å². The fraction of sp³-hybridized carbons (Fsp3) is 0.238. The number of hydrogen-bond acceptors (Lipinski definition) is 6. The Morgan fingerprint density at radius 2 is 1.97 bits per heavy atom. The Labute approximate surface area is 172 Å². The number of methoxy groups -OCH3 is 2. The first kappa shape index (κ1) is 20.5. The van der Waals surface area contributed by atoms with Crippen molar-refractivity contribution in [2.24, 2.45) is 0 Å². The van der Waals surface area contributed by atoms with Crippen molar-refractivity contribution in [3.8, 4) is 11.5 Å². The molecule has 1 unspecified atom stereocenters. The van der Waals surface area contributed by atoms with Crippen molar-refractivity contribution in [3.63, 3.8) is 0 Å². The van der Waals surface area contributed by atoms with Gasteiger partial charge in [-0.25, -0.2) is 0 Å². The molecule has 3 aromatic rings. The third-order valence-electron chi connectivity index (χ3n) is 4.24. The topological polar surface area (TPSA) is 89.8 Å². The second-order valence-corrected chi connectivity index (χ2v) is 7.42. The fourth-order valence-corrected chi connectivity index (χ4v) is 3.70. The summed E-state index contributed by atoms with van der Waals surface area (Å²) in [4.78, 5) is 26.4. The number of carbonyl (C=O) groups is 2. The van der Waals surface area contributed by atoms with E-state index < -0.39 is 0 Å². The molecule has 0 saturated heterocycles. The molecule has 0 bridgehead atoms. The highest BCUT2D eigenvalue weighted by Crippen LogP contribution is 2.37. The fourth-order valence-electron chi connectivity index (χ4n) is 2.87. The van der Waals surface area contributed by atoms with Crippen molar-refractivity contribution < 1.29 is 23.5 Å². The first-order chi connectivity index (χ1) is 14.0. The molecule has 8 heteroatoms. The summed E-state index contributed by atoms with van der Waals surface area (Å²) in [5.41, 5.74) is 1.03. The van der Waals surface area contributed by atoms with Crippen molar-refractivity contribution in [3.05, 3.63) is 64.2 Å². The van der Waals surface area contributed by atoms with E-state index in [4.69, 9.17) is 13.9 Å². The Morgan fingerprint density at radius 3 is 2.59 bits per heavy atom. The first-order valence-corrected chi connectivity index (χ1v) is 9.82. The van der Waals surface area contributed by atoms with Gasteiger partial charge in [0.15, 0.2) is 11.5 Å². The lowest BCUT2D eigenvalue weighted by atomic mass is 10.1. The molecule has 0 aliphatic carbocycles. The maximum atomic E-state index is 12.8. The van der Waals surface area contributed by atoms with E-state index in [-0.39, 0.29) is 17.9 Å². The first-order valence-electron chi connectivity index (χ1n) is 8.94. The molecule has 0 spiro atoms. The van der Waals surface area contributed by atoms with Crippen molar-refractivity contribution >= 4 is 28.8 Å². The van der Waals surface area contributed by atoms with Gasteiger partial charge in [0.1, 0.15) is 6.26 Å². The summed E-state index contributed by atoms with van der Waals surface area (Å²) < 4.78 is 15.7. The number of anilines is 1. The summed E-state index contributed by atoms with van der Waals surface area (Å²) in [6.07, 6.45) is 3.48. The molecule has 3 rings (SSSR count).